The minimum Gasteiger partial charge on any atom is -0.481 e. The van der Waals surface area contributed by atoms with E-state index in [9.17, 15) is 9.59 Å². The Hall–Kier alpha value is -1.52. The van der Waals surface area contributed by atoms with E-state index >= 15 is 0 Å². The van der Waals surface area contributed by atoms with E-state index in [-0.39, 0.29) is 12.3 Å². The summed E-state index contributed by atoms with van der Waals surface area (Å²) in [5, 5.41) is 11.6. The van der Waals surface area contributed by atoms with E-state index in [2.05, 4.69) is 5.32 Å². The van der Waals surface area contributed by atoms with Gasteiger partial charge < -0.3 is 16.2 Å². The maximum absolute atomic E-state index is 10.9. The van der Waals surface area contributed by atoms with Gasteiger partial charge in [0.15, 0.2) is 0 Å². The third-order valence-corrected chi connectivity index (χ3v) is 2.30. The van der Waals surface area contributed by atoms with Crippen molar-refractivity contribution in [1.29, 1.82) is 0 Å². The summed E-state index contributed by atoms with van der Waals surface area (Å²) in [5.74, 6) is -1.31. The van der Waals surface area contributed by atoms with Gasteiger partial charge in [-0.3, -0.25) is 9.59 Å². The summed E-state index contributed by atoms with van der Waals surface area (Å²) in [6.07, 6.45) is 3.43. The molecular weight excluding hydrogens is 208 g/mol. The average Bonchev–Trinajstić information content (AvgIpc) is 2.17. The number of hydrogen-bond acceptors (Lipinski definition) is 3. The molecule has 16 heavy (non-hydrogen) atoms. The van der Waals surface area contributed by atoms with Crippen LogP contribution in [0.25, 0.3) is 0 Å². The quantitative estimate of drug-likeness (QED) is 0.537. The number of allylic oxidation sites excluding steroid dienone is 1. The number of hydrogen-bond donors (Lipinski definition) is 3. The fourth-order valence-electron chi connectivity index (χ4n) is 1.52. The van der Waals surface area contributed by atoms with Crippen LogP contribution in [0.4, 0.5) is 0 Å². The lowest BCUT2D eigenvalue weighted by Crippen LogP contribution is -2.30. The molecule has 0 unspecified atom stereocenters. The molecule has 0 spiro atoms. The number of carboxylic acids is 1. The number of rotatable bonds is 8. The molecule has 0 aliphatic heterocycles. The van der Waals surface area contributed by atoms with E-state index in [0.717, 1.165) is 12.8 Å². The molecule has 0 rings (SSSR count). The van der Waals surface area contributed by atoms with Crippen LogP contribution in [-0.4, -0.2) is 23.5 Å². The fraction of sp³-hybridized carbons (Fsp3) is 0.636. The van der Waals surface area contributed by atoms with E-state index in [0.29, 0.717) is 12.2 Å². The fourth-order valence-corrected chi connectivity index (χ4v) is 1.52. The highest BCUT2D eigenvalue weighted by Gasteiger charge is 2.13. The molecule has 0 aromatic heterocycles. The summed E-state index contributed by atoms with van der Waals surface area (Å²) in [5.41, 5.74) is 5.46. The van der Waals surface area contributed by atoms with Gasteiger partial charge in [0.05, 0.1) is 5.70 Å². The number of amides is 1. The van der Waals surface area contributed by atoms with Gasteiger partial charge in [-0.15, -0.1) is 0 Å². The van der Waals surface area contributed by atoms with Crippen molar-refractivity contribution < 1.29 is 14.7 Å². The molecule has 4 N–H and O–H groups in total. The molecule has 1 atom stereocenters. The number of carboxylic acid groups (broad SMARTS) is 1. The normalized spacial score (nSPS) is 13.2. The second-order valence-electron chi connectivity index (χ2n) is 3.70. The SMILES string of the molecule is C/C=C(/NC[C@@H](CCC)CC(=O)O)C(N)=O. The molecule has 0 bridgehead atoms. The Morgan fingerprint density at radius 1 is 1.50 bits per heavy atom. The Balaban J connectivity index is 4.19. The Kier molecular flexibility index (Phi) is 7.00. The van der Waals surface area contributed by atoms with Gasteiger partial charge in [-0.2, -0.15) is 0 Å². The number of nitrogens with one attached hydrogen (secondary N) is 1. The van der Waals surface area contributed by atoms with Gasteiger partial charge >= 0.3 is 5.97 Å². The van der Waals surface area contributed by atoms with Crippen molar-refractivity contribution in [3.63, 3.8) is 0 Å². The van der Waals surface area contributed by atoms with Crippen LogP contribution in [0.15, 0.2) is 11.8 Å². The second kappa shape index (κ2) is 7.73. The summed E-state index contributed by atoms with van der Waals surface area (Å²) in [6.45, 7) is 4.17. The highest BCUT2D eigenvalue weighted by atomic mass is 16.4. The van der Waals surface area contributed by atoms with Crippen molar-refractivity contribution in [2.24, 2.45) is 11.7 Å². The molecule has 0 aromatic carbocycles. The Bertz CT molecular complexity index is 274. The van der Waals surface area contributed by atoms with E-state index in [1.807, 2.05) is 6.92 Å². The van der Waals surface area contributed by atoms with Crippen molar-refractivity contribution in [2.75, 3.05) is 6.54 Å². The smallest absolute Gasteiger partial charge is 0.303 e. The highest BCUT2D eigenvalue weighted by molar-refractivity contribution is 5.91. The van der Waals surface area contributed by atoms with Gasteiger partial charge in [0.1, 0.15) is 0 Å². The van der Waals surface area contributed by atoms with Crippen molar-refractivity contribution in [2.45, 2.75) is 33.1 Å². The first-order valence-corrected chi connectivity index (χ1v) is 5.43. The topological polar surface area (TPSA) is 92.4 Å². The Labute approximate surface area is 95.7 Å². The maximum atomic E-state index is 10.9. The van der Waals surface area contributed by atoms with Crippen LogP contribution in [0.3, 0.4) is 0 Å². The molecule has 5 nitrogen and oxygen atoms in total. The summed E-state index contributed by atoms with van der Waals surface area (Å²) >= 11 is 0. The average molecular weight is 228 g/mol. The molecule has 0 saturated carbocycles. The number of aliphatic carboxylic acids is 1. The maximum Gasteiger partial charge on any atom is 0.303 e. The van der Waals surface area contributed by atoms with Crippen LogP contribution in [0.2, 0.25) is 0 Å². The van der Waals surface area contributed by atoms with Crippen LogP contribution in [0.5, 0.6) is 0 Å². The molecular formula is C11H20N2O3. The zero-order valence-corrected chi connectivity index (χ0v) is 9.82. The summed E-state index contributed by atoms with van der Waals surface area (Å²) in [6, 6.07) is 0. The lowest BCUT2D eigenvalue weighted by atomic mass is 10.00. The third-order valence-electron chi connectivity index (χ3n) is 2.30. The van der Waals surface area contributed by atoms with E-state index in [4.69, 9.17) is 10.8 Å². The number of nitrogens with two attached hydrogens (primary N) is 1. The van der Waals surface area contributed by atoms with Crippen LogP contribution in [0.1, 0.15) is 33.1 Å². The van der Waals surface area contributed by atoms with Gasteiger partial charge in [0.25, 0.3) is 5.91 Å². The highest BCUT2D eigenvalue weighted by Crippen LogP contribution is 2.10. The molecule has 0 saturated heterocycles. The standard InChI is InChI=1S/C11H20N2O3/c1-3-5-8(6-10(14)15)7-13-9(4-2)11(12)16/h4,8,13H,3,5-7H2,1-2H3,(H2,12,16)(H,14,15)/b9-4+/t8-/m0/s1. The molecule has 0 aromatic rings. The molecule has 92 valence electrons. The van der Waals surface area contributed by atoms with Crippen LogP contribution in [-0.2, 0) is 9.59 Å². The lowest BCUT2D eigenvalue weighted by molar-refractivity contribution is -0.138. The molecule has 5 heteroatoms. The van der Waals surface area contributed by atoms with Crippen LogP contribution >= 0.6 is 0 Å². The predicted molar refractivity (Wildman–Crippen MR) is 61.6 cm³/mol. The van der Waals surface area contributed by atoms with Crippen molar-refractivity contribution in [3.8, 4) is 0 Å². The van der Waals surface area contributed by atoms with E-state index in [1.165, 1.54) is 0 Å². The molecule has 0 aliphatic carbocycles. The minimum atomic E-state index is -0.818. The van der Waals surface area contributed by atoms with Crippen molar-refractivity contribution >= 4 is 11.9 Å². The van der Waals surface area contributed by atoms with Gasteiger partial charge in [-0.05, 0) is 19.3 Å². The second-order valence-corrected chi connectivity index (χ2v) is 3.70. The summed E-state index contributed by atoms with van der Waals surface area (Å²) in [7, 11) is 0. The molecule has 0 aliphatic rings. The molecule has 0 radical (unpaired) electrons. The predicted octanol–water partition coefficient (Wildman–Crippen LogP) is 0.856. The van der Waals surface area contributed by atoms with Crippen molar-refractivity contribution in [3.05, 3.63) is 11.8 Å². The summed E-state index contributed by atoms with van der Waals surface area (Å²) < 4.78 is 0. The molecule has 0 heterocycles. The van der Waals surface area contributed by atoms with Crippen LogP contribution in [0, 0.1) is 5.92 Å². The van der Waals surface area contributed by atoms with Gasteiger partial charge in [0, 0.05) is 13.0 Å². The Morgan fingerprint density at radius 3 is 2.50 bits per heavy atom. The number of carbonyl (C=O) groups is 2. The number of primary amides is 1. The minimum absolute atomic E-state index is 0.0248. The van der Waals surface area contributed by atoms with Gasteiger partial charge in [0.2, 0.25) is 0 Å². The zero-order chi connectivity index (χ0) is 12.6. The third kappa shape index (κ3) is 6.06. The van der Waals surface area contributed by atoms with Gasteiger partial charge in [-0.25, -0.2) is 0 Å². The summed E-state index contributed by atoms with van der Waals surface area (Å²) in [4.78, 5) is 21.5. The first-order valence-electron chi connectivity index (χ1n) is 5.43. The zero-order valence-electron chi connectivity index (χ0n) is 9.82. The molecule has 0 fully saturated rings. The van der Waals surface area contributed by atoms with Crippen molar-refractivity contribution in [1.82, 2.24) is 5.32 Å². The first kappa shape index (κ1) is 14.5. The Morgan fingerprint density at radius 2 is 2.12 bits per heavy atom. The van der Waals surface area contributed by atoms with E-state index < -0.39 is 11.9 Å². The van der Waals surface area contributed by atoms with Gasteiger partial charge in [-0.1, -0.05) is 19.4 Å². The number of carbonyl (C=O) groups excluding carboxylic acids is 1. The lowest BCUT2D eigenvalue weighted by Gasteiger charge is -2.16. The van der Waals surface area contributed by atoms with E-state index in [1.54, 1.807) is 13.0 Å². The first-order chi connectivity index (χ1) is 7.51. The monoisotopic (exact) mass is 228 g/mol. The largest absolute Gasteiger partial charge is 0.481 e. The van der Waals surface area contributed by atoms with Crippen LogP contribution < -0.4 is 11.1 Å². The molecule has 1 amide bonds.